The van der Waals surface area contributed by atoms with Crippen molar-refractivity contribution in [3.8, 4) is 23.0 Å². The molecule has 0 fully saturated rings. The van der Waals surface area contributed by atoms with E-state index in [2.05, 4.69) is 0 Å². The van der Waals surface area contributed by atoms with Gasteiger partial charge in [0, 0.05) is 48.5 Å². The van der Waals surface area contributed by atoms with Gasteiger partial charge < -0.3 is 28.8 Å². The van der Waals surface area contributed by atoms with Crippen LogP contribution in [0.15, 0.2) is 75.8 Å². The van der Waals surface area contributed by atoms with E-state index in [1.807, 2.05) is 106 Å². The predicted octanol–water partition coefficient (Wildman–Crippen LogP) is 7.01. The topological polar surface area (TPSA) is 103 Å². The minimum absolute atomic E-state index is 0.120. The van der Waals surface area contributed by atoms with E-state index in [4.69, 9.17) is 9.47 Å². The number of aromatic nitrogens is 2. The zero-order chi connectivity index (χ0) is 32.4. The van der Waals surface area contributed by atoms with Crippen LogP contribution in [0.4, 0.5) is 0 Å². The molecule has 8 rings (SSSR count). The molecule has 4 heterocycles. The summed E-state index contributed by atoms with van der Waals surface area (Å²) in [6, 6.07) is 18.3. The summed E-state index contributed by atoms with van der Waals surface area (Å²) in [5.41, 5.74) is 2.33. The van der Waals surface area contributed by atoms with Crippen LogP contribution in [0.2, 0.25) is 0 Å². The minimum Gasteiger partial charge on any atom is -0.507 e. The average molecular weight is 615 g/mol. The molecule has 1 atom stereocenters. The molecule has 6 aromatic rings. The van der Waals surface area contributed by atoms with Crippen molar-refractivity contribution in [2.24, 2.45) is 14.1 Å². The molecule has 232 valence electrons. The van der Waals surface area contributed by atoms with Crippen molar-refractivity contribution in [3.05, 3.63) is 97.8 Å². The van der Waals surface area contributed by atoms with Gasteiger partial charge >= 0.3 is 0 Å². The Morgan fingerprint density at radius 1 is 0.717 bits per heavy atom. The van der Waals surface area contributed by atoms with Crippen molar-refractivity contribution in [1.82, 2.24) is 9.13 Å². The molecule has 0 saturated heterocycles. The van der Waals surface area contributed by atoms with Gasteiger partial charge in [-0.05, 0) is 70.0 Å². The summed E-state index contributed by atoms with van der Waals surface area (Å²) in [6.45, 7) is 7.90. The molecule has 0 spiro atoms. The highest BCUT2D eigenvalue weighted by molar-refractivity contribution is 6.01. The molecular formula is C38H34N2O6. The lowest BCUT2D eigenvalue weighted by atomic mass is 9.72. The number of benzene rings is 4. The number of phenols is 2. The molecule has 0 saturated carbocycles. The van der Waals surface area contributed by atoms with Crippen LogP contribution >= 0.6 is 0 Å². The molecule has 0 radical (unpaired) electrons. The number of fused-ring (bicyclic) bond motifs is 6. The number of phenolic OH excluding ortho intramolecular Hbond substituents is 2. The fraction of sp³-hybridized carbons (Fsp3) is 0.263. The lowest BCUT2D eigenvalue weighted by Gasteiger charge is -2.44. The molecule has 2 N–H and O–H groups in total. The maximum absolute atomic E-state index is 13.9. The number of ether oxygens (including phenoxy) is 2. The van der Waals surface area contributed by atoms with E-state index < -0.39 is 17.1 Å². The number of aromatic hydroxyl groups is 2. The molecular weight excluding hydrogens is 580 g/mol. The Kier molecular flexibility index (Phi) is 5.62. The molecule has 2 aromatic heterocycles. The van der Waals surface area contributed by atoms with Gasteiger partial charge in [-0.25, -0.2) is 0 Å². The van der Waals surface area contributed by atoms with Crippen LogP contribution in [0.3, 0.4) is 0 Å². The van der Waals surface area contributed by atoms with Gasteiger partial charge in [0.1, 0.15) is 34.2 Å². The molecule has 4 aromatic carbocycles. The van der Waals surface area contributed by atoms with E-state index >= 15 is 0 Å². The fourth-order valence-electron chi connectivity index (χ4n) is 7.74. The van der Waals surface area contributed by atoms with E-state index in [0.29, 0.717) is 50.9 Å². The Morgan fingerprint density at radius 3 is 1.83 bits per heavy atom. The lowest BCUT2D eigenvalue weighted by Crippen LogP contribution is -2.41. The van der Waals surface area contributed by atoms with E-state index in [1.54, 1.807) is 12.1 Å². The van der Waals surface area contributed by atoms with E-state index in [-0.39, 0.29) is 33.1 Å². The van der Waals surface area contributed by atoms with Crippen molar-refractivity contribution < 1.29 is 19.7 Å². The first-order valence-corrected chi connectivity index (χ1v) is 15.4. The Hall–Kier alpha value is -5.24. The monoisotopic (exact) mass is 614 g/mol. The Bertz CT molecular complexity index is 2500. The number of pyridine rings is 2. The first-order chi connectivity index (χ1) is 21.8. The van der Waals surface area contributed by atoms with Crippen molar-refractivity contribution in [2.75, 3.05) is 0 Å². The standard InChI is InChI=1S/C38H34N2O6/c1-37(2)18-22(30-29(45-37)17-27-32(36(30)44)34(42)20-12-8-10-14-25(20)40(27)6)23-15-21-28(46-38(23,3)4)16-26-31(35(21)43)33(41)19-11-7-9-13-24(19)39(26)5/h7-17,22,43-44H,18H2,1-6H3. The van der Waals surface area contributed by atoms with Gasteiger partial charge in [0.05, 0.1) is 38.4 Å². The lowest BCUT2D eigenvalue weighted by molar-refractivity contribution is 0.0657. The van der Waals surface area contributed by atoms with Gasteiger partial charge in [0.15, 0.2) is 0 Å². The summed E-state index contributed by atoms with van der Waals surface area (Å²) in [5, 5.41) is 25.2. The minimum atomic E-state index is -0.881. The third-order valence-corrected chi connectivity index (χ3v) is 9.93. The maximum atomic E-state index is 13.9. The summed E-state index contributed by atoms with van der Waals surface area (Å²) in [6.07, 6.45) is 2.36. The van der Waals surface area contributed by atoms with Crippen LogP contribution in [0.25, 0.3) is 49.7 Å². The average Bonchev–Trinajstić information content (AvgIpc) is 3.00. The molecule has 1 unspecified atom stereocenters. The third kappa shape index (κ3) is 3.73. The van der Waals surface area contributed by atoms with Crippen molar-refractivity contribution in [1.29, 1.82) is 0 Å². The quantitative estimate of drug-likeness (QED) is 0.193. The number of hydrogen-bond donors (Lipinski definition) is 2. The predicted molar refractivity (Wildman–Crippen MR) is 181 cm³/mol. The van der Waals surface area contributed by atoms with Gasteiger partial charge in [0.2, 0.25) is 10.9 Å². The Balaban J connectivity index is 1.42. The third-order valence-electron chi connectivity index (χ3n) is 9.93. The number of aryl methyl sites for hydroxylation is 2. The highest BCUT2D eigenvalue weighted by Gasteiger charge is 2.45. The molecule has 8 heteroatoms. The zero-order valence-electron chi connectivity index (χ0n) is 26.6. The highest BCUT2D eigenvalue weighted by Crippen LogP contribution is 2.55. The second-order valence-corrected chi connectivity index (χ2v) is 13.7. The summed E-state index contributed by atoms with van der Waals surface area (Å²) >= 11 is 0. The number of hydrogen-bond acceptors (Lipinski definition) is 6. The Morgan fingerprint density at radius 2 is 1.24 bits per heavy atom. The zero-order valence-corrected chi connectivity index (χ0v) is 26.6. The van der Waals surface area contributed by atoms with Gasteiger partial charge in [-0.2, -0.15) is 0 Å². The highest BCUT2D eigenvalue weighted by atomic mass is 16.5. The van der Waals surface area contributed by atoms with Crippen LogP contribution < -0.4 is 20.3 Å². The molecule has 46 heavy (non-hydrogen) atoms. The second-order valence-electron chi connectivity index (χ2n) is 13.7. The second kappa shape index (κ2) is 9.16. The molecule has 0 amide bonds. The number of rotatable bonds is 1. The van der Waals surface area contributed by atoms with E-state index in [1.165, 1.54) is 0 Å². The smallest absolute Gasteiger partial charge is 0.200 e. The number of para-hydroxylation sites is 2. The van der Waals surface area contributed by atoms with Gasteiger partial charge in [0.25, 0.3) is 0 Å². The first kappa shape index (κ1) is 28.2. The molecule has 0 aliphatic carbocycles. The van der Waals surface area contributed by atoms with Crippen molar-refractivity contribution >= 4 is 49.7 Å². The van der Waals surface area contributed by atoms with Gasteiger partial charge in [-0.3, -0.25) is 9.59 Å². The number of nitrogens with zero attached hydrogens (tertiary/aromatic N) is 2. The maximum Gasteiger partial charge on any atom is 0.200 e. The largest absolute Gasteiger partial charge is 0.507 e. The SMILES string of the molecule is Cn1c2ccccc2c(=O)c2c(O)c3c(cc21)OC(C)(C)C(C1CC(C)(C)Oc2cc4c(c(O)c21)c(=O)c1ccccc1n4C)=C3. The molecule has 2 aliphatic heterocycles. The van der Waals surface area contributed by atoms with E-state index in [9.17, 15) is 19.8 Å². The molecule has 8 nitrogen and oxygen atoms in total. The summed E-state index contributed by atoms with van der Waals surface area (Å²) in [4.78, 5) is 27.6. The summed E-state index contributed by atoms with van der Waals surface area (Å²) in [5.74, 6) is 0.240. The summed E-state index contributed by atoms with van der Waals surface area (Å²) in [7, 11) is 3.74. The van der Waals surface area contributed by atoms with Crippen molar-refractivity contribution in [2.45, 2.75) is 51.2 Å². The fourth-order valence-corrected chi connectivity index (χ4v) is 7.74. The normalized spacial score (nSPS) is 18.2. The molecule has 2 aliphatic rings. The van der Waals surface area contributed by atoms with Crippen LogP contribution in [0, 0.1) is 0 Å². The van der Waals surface area contributed by atoms with Gasteiger partial charge in [-0.1, -0.05) is 24.3 Å². The molecule has 0 bridgehead atoms. The van der Waals surface area contributed by atoms with E-state index in [0.717, 1.165) is 16.6 Å². The first-order valence-electron chi connectivity index (χ1n) is 15.4. The van der Waals surface area contributed by atoms with Crippen LogP contribution in [-0.2, 0) is 14.1 Å². The van der Waals surface area contributed by atoms with Crippen LogP contribution in [-0.4, -0.2) is 30.5 Å². The van der Waals surface area contributed by atoms with Gasteiger partial charge in [-0.15, -0.1) is 0 Å². The Labute approximate surface area is 264 Å². The van der Waals surface area contributed by atoms with Crippen LogP contribution in [0.5, 0.6) is 23.0 Å². The van der Waals surface area contributed by atoms with Crippen molar-refractivity contribution in [3.63, 3.8) is 0 Å². The van der Waals surface area contributed by atoms with Crippen LogP contribution in [0.1, 0.15) is 51.2 Å². The summed E-state index contributed by atoms with van der Waals surface area (Å²) < 4.78 is 16.9.